The average molecular weight is 611 g/mol. The molecule has 0 radical (unpaired) electrons. The number of aryl methyl sites for hydroxylation is 1. The highest BCUT2D eigenvalue weighted by Gasteiger charge is 2.36. The van der Waals surface area contributed by atoms with Crippen LogP contribution in [0.5, 0.6) is 0 Å². The Labute approximate surface area is 256 Å². The number of thioether (sulfide) groups is 1. The maximum Gasteiger partial charge on any atom is 0.178 e. The van der Waals surface area contributed by atoms with Gasteiger partial charge in [-0.3, -0.25) is 4.79 Å². The number of benzene rings is 3. The van der Waals surface area contributed by atoms with Gasteiger partial charge >= 0.3 is 0 Å². The standard InChI is InChI=1S/C31H21Cl2N7OS/c1-18-7-9-19(10-8-18)26-23(14-34)30(36)39-31(24(26)15-35)42-29(28(41)20-5-3-2-4-6-20)27(40-17-37-16-38-40)22-12-11-21(32)13-25(22)33/h2-13,16-17,27,29H,1H3,(H2,36,39). The molecule has 5 aromatic rings. The molecule has 0 bridgehead atoms. The molecular formula is C31H21Cl2N7OS. The highest BCUT2D eigenvalue weighted by atomic mass is 35.5. The van der Waals surface area contributed by atoms with E-state index >= 15 is 0 Å². The largest absolute Gasteiger partial charge is 0.383 e. The summed E-state index contributed by atoms with van der Waals surface area (Å²) in [5.41, 5.74) is 9.50. The monoisotopic (exact) mass is 609 g/mol. The Bertz CT molecular complexity index is 1850. The molecule has 5 rings (SSSR count). The van der Waals surface area contributed by atoms with E-state index in [1.54, 1.807) is 42.5 Å². The molecule has 2 unspecified atom stereocenters. The first-order valence-electron chi connectivity index (χ1n) is 12.6. The maximum absolute atomic E-state index is 14.3. The van der Waals surface area contributed by atoms with E-state index in [9.17, 15) is 15.3 Å². The SMILES string of the molecule is Cc1ccc(-c2c(C#N)c(N)nc(SC(C(=O)c3ccccc3)C(c3ccc(Cl)cc3Cl)n3cncn3)c2C#N)cc1. The number of aromatic nitrogens is 4. The van der Waals surface area contributed by atoms with Crippen molar-refractivity contribution in [2.75, 3.05) is 5.73 Å². The van der Waals surface area contributed by atoms with Gasteiger partial charge < -0.3 is 5.73 Å². The molecule has 2 aromatic heterocycles. The highest BCUT2D eigenvalue weighted by molar-refractivity contribution is 8.00. The van der Waals surface area contributed by atoms with Crippen LogP contribution in [0.2, 0.25) is 10.0 Å². The van der Waals surface area contributed by atoms with Crippen LogP contribution in [0.3, 0.4) is 0 Å². The van der Waals surface area contributed by atoms with Gasteiger partial charge in [-0.25, -0.2) is 14.6 Å². The van der Waals surface area contributed by atoms with Gasteiger partial charge in [0, 0.05) is 21.2 Å². The molecule has 0 aliphatic heterocycles. The quantitative estimate of drug-likeness (QED) is 0.148. The van der Waals surface area contributed by atoms with Crippen molar-refractivity contribution in [3.05, 3.63) is 123 Å². The Morgan fingerprint density at radius 3 is 2.33 bits per heavy atom. The summed E-state index contributed by atoms with van der Waals surface area (Å²) in [4.78, 5) is 22.9. The third-order valence-corrected chi connectivity index (χ3v) is 8.41. The molecule has 0 saturated heterocycles. The Morgan fingerprint density at radius 1 is 1.00 bits per heavy atom. The predicted octanol–water partition coefficient (Wildman–Crippen LogP) is 6.91. The van der Waals surface area contributed by atoms with Gasteiger partial charge in [0.1, 0.15) is 46.5 Å². The minimum atomic E-state index is -0.953. The maximum atomic E-state index is 14.3. The second-order valence-electron chi connectivity index (χ2n) is 9.27. The van der Waals surface area contributed by atoms with E-state index in [0.717, 1.165) is 17.3 Å². The Balaban J connectivity index is 1.75. The minimum absolute atomic E-state index is 0.0534. The fourth-order valence-electron chi connectivity index (χ4n) is 4.59. The van der Waals surface area contributed by atoms with Gasteiger partial charge in [-0.05, 0) is 30.2 Å². The van der Waals surface area contributed by atoms with Crippen LogP contribution in [0.25, 0.3) is 11.1 Å². The number of nitriles is 2. The zero-order valence-corrected chi connectivity index (χ0v) is 24.4. The van der Waals surface area contributed by atoms with Gasteiger partial charge in [0.2, 0.25) is 0 Å². The van der Waals surface area contributed by atoms with Gasteiger partial charge in [0.25, 0.3) is 0 Å². The fraction of sp³-hybridized carbons (Fsp3) is 0.0968. The lowest BCUT2D eigenvalue weighted by molar-refractivity contribution is 0.0975. The molecule has 8 nitrogen and oxygen atoms in total. The zero-order valence-electron chi connectivity index (χ0n) is 22.1. The summed E-state index contributed by atoms with van der Waals surface area (Å²) < 4.78 is 1.54. The second-order valence-corrected chi connectivity index (χ2v) is 11.2. The molecule has 0 fully saturated rings. The van der Waals surface area contributed by atoms with Gasteiger partial charge in [-0.15, -0.1) is 0 Å². The molecule has 2 atom stereocenters. The first-order chi connectivity index (χ1) is 20.3. The van der Waals surface area contributed by atoms with E-state index in [4.69, 9.17) is 28.9 Å². The van der Waals surface area contributed by atoms with Crippen molar-refractivity contribution in [1.82, 2.24) is 19.7 Å². The number of pyridine rings is 1. The molecule has 0 amide bonds. The Hall–Kier alpha value is -4.67. The van der Waals surface area contributed by atoms with Crippen molar-refractivity contribution >= 4 is 46.6 Å². The number of ketones is 1. The van der Waals surface area contributed by atoms with Crippen LogP contribution < -0.4 is 5.73 Å². The average Bonchev–Trinajstić information content (AvgIpc) is 3.52. The van der Waals surface area contributed by atoms with Gasteiger partial charge in [0.15, 0.2) is 5.78 Å². The summed E-state index contributed by atoms with van der Waals surface area (Å²) in [5.74, 6) is -0.320. The van der Waals surface area contributed by atoms with Crippen molar-refractivity contribution in [2.24, 2.45) is 0 Å². The lowest BCUT2D eigenvalue weighted by Gasteiger charge is -2.27. The van der Waals surface area contributed by atoms with Crippen molar-refractivity contribution in [1.29, 1.82) is 10.5 Å². The zero-order chi connectivity index (χ0) is 29.8. The first-order valence-corrected chi connectivity index (χ1v) is 14.2. The highest BCUT2D eigenvalue weighted by Crippen LogP contribution is 2.43. The molecular weight excluding hydrogens is 589 g/mol. The van der Waals surface area contributed by atoms with Crippen LogP contribution in [-0.4, -0.2) is 30.8 Å². The van der Waals surface area contributed by atoms with Crippen LogP contribution >= 0.6 is 35.0 Å². The van der Waals surface area contributed by atoms with Gasteiger partial charge in [-0.2, -0.15) is 15.6 Å². The smallest absolute Gasteiger partial charge is 0.178 e. The lowest BCUT2D eigenvalue weighted by atomic mass is 9.96. The Morgan fingerprint density at radius 2 is 1.71 bits per heavy atom. The normalized spacial score (nSPS) is 12.2. The van der Waals surface area contributed by atoms with Crippen molar-refractivity contribution in [2.45, 2.75) is 23.2 Å². The van der Waals surface area contributed by atoms with E-state index in [1.807, 2.05) is 37.3 Å². The van der Waals surface area contributed by atoms with Crippen LogP contribution in [0, 0.1) is 29.6 Å². The molecule has 206 valence electrons. The lowest BCUT2D eigenvalue weighted by Crippen LogP contribution is -2.31. The summed E-state index contributed by atoms with van der Waals surface area (Å²) in [6, 6.07) is 24.7. The molecule has 3 aromatic carbocycles. The van der Waals surface area contributed by atoms with Crippen LogP contribution in [-0.2, 0) is 0 Å². The topological polar surface area (TPSA) is 134 Å². The number of carbonyl (C=O) groups is 1. The molecule has 2 heterocycles. The van der Waals surface area contributed by atoms with Crippen LogP contribution in [0.1, 0.15) is 38.7 Å². The van der Waals surface area contributed by atoms with E-state index < -0.39 is 11.3 Å². The van der Waals surface area contributed by atoms with Crippen LogP contribution in [0.4, 0.5) is 5.82 Å². The van der Waals surface area contributed by atoms with Crippen molar-refractivity contribution in [3.8, 4) is 23.3 Å². The number of anilines is 1. The Kier molecular flexibility index (Phi) is 8.56. The summed E-state index contributed by atoms with van der Waals surface area (Å²) in [6.07, 6.45) is 2.85. The molecule has 0 aliphatic carbocycles. The number of halogens is 2. The molecule has 2 N–H and O–H groups in total. The molecule has 0 aliphatic rings. The molecule has 0 spiro atoms. The van der Waals surface area contributed by atoms with Gasteiger partial charge in [0.05, 0.1) is 11.6 Å². The first kappa shape index (κ1) is 28.8. The van der Waals surface area contributed by atoms with Gasteiger partial charge in [-0.1, -0.05) is 101 Å². The molecule has 42 heavy (non-hydrogen) atoms. The third kappa shape index (κ3) is 5.72. The van der Waals surface area contributed by atoms with E-state index in [0.29, 0.717) is 32.3 Å². The number of hydrogen-bond acceptors (Lipinski definition) is 8. The summed E-state index contributed by atoms with van der Waals surface area (Å²) in [5, 5.41) is 24.7. The number of nitrogens with zero attached hydrogens (tertiary/aromatic N) is 6. The number of hydrogen-bond donors (Lipinski definition) is 1. The minimum Gasteiger partial charge on any atom is -0.383 e. The third-order valence-electron chi connectivity index (χ3n) is 6.60. The summed E-state index contributed by atoms with van der Waals surface area (Å²) in [6.45, 7) is 1.94. The second kappa shape index (κ2) is 12.5. The number of nitrogens with two attached hydrogens (primary N) is 1. The molecule has 11 heteroatoms. The van der Waals surface area contributed by atoms with Crippen molar-refractivity contribution < 1.29 is 4.79 Å². The summed E-state index contributed by atoms with van der Waals surface area (Å²) in [7, 11) is 0. The molecule has 0 saturated carbocycles. The number of nitrogen functional groups attached to an aromatic ring is 1. The summed E-state index contributed by atoms with van der Waals surface area (Å²) >= 11 is 13.9. The van der Waals surface area contributed by atoms with Crippen molar-refractivity contribution in [3.63, 3.8) is 0 Å². The van der Waals surface area contributed by atoms with Crippen LogP contribution in [0.15, 0.2) is 90.5 Å². The fourth-order valence-corrected chi connectivity index (χ4v) is 6.41. The number of carbonyl (C=O) groups excluding carboxylic acids is 1. The predicted molar refractivity (Wildman–Crippen MR) is 163 cm³/mol. The van der Waals surface area contributed by atoms with E-state index in [-0.39, 0.29) is 27.8 Å². The number of rotatable bonds is 8. The number of Topliss-reactive ketones (excluding diaryl/α,β-unsaturated/α-hetero) is 1. The van der Waals surface area contributed by atoms with E-state index in [1.165, 1.54) is 17.3 Å². The van der Waals surface area contributed by atoms with E-state index in [2.05, 4.69) is 27.2 Å².